The number of aliphatic hydroxyl groups is 2. The van der Waals surface area contributed by atoms with Gasteiger partial charge < -0.3 is 24.7 Å². The van der Waals surface area contributed by atoms with E-state index in [9.17, 15) is 14.3 Å². The van der Waals surface area contributed by atoms with Crippen molar-refractivity contribution < 1.29 is 24.1 Å². The number of carbonyl (C=O) groups is 1. The number of rotatable bonds is 8. The van der Waals surface area contributed by atoms with Gasteiger partial charge >= 0.3 is 0 Å². The third kappa shape index (κ3) is 4.90. The van der Waals surface area contributed by atoms with Gasteiger partial charge in [-0.1, -0.05) is 0 Å². The molecule has 1 fully saturated rings. The molecule has 1 unspecified atom stereocenters. The number of likely N-dealkylation sites (N-methyl/N-ethyl adjacent to an activating group) is 1. The van der Waals surface area contributed by atoms with Crippen LogP contribution >= 0.6 is 0 Å². The highest BCUT2D eigenvalue weighted by molar-refractivity contribution is 5.86. The summed E-state index contributed by atoms with van der Waals surface area (Å²) in [6, 6.07) is 4.42. The second-order valence-electron chi connectivity index (χ2n) is 6.63. The molecule has 0 bridgehead atoms. The fourth-order valence-corrected chi connectivity index (χ4v) is 3.23. The number of carbonyl (C=O) groups excluding carboxylic acids is 1. The fourth-order valence-electron chi connectivity index (χ4n) is 3.23. The first-order valence-corrected chi connectivity index (χ1v) is 8.53. The van der Waals surface area contributed by atoms with E-state index < -0.39 is 11.4 Å². The lowest BCUT2D eigenvalue weighted by Crippen LogP contribution is -2.58. The highest BCUT2D eigenvalue weighted by Gasteiger charge is 2.42. The van der Waals surface area contributed by atoms with Crippen molar-refractivity contribution in [3.05, 3.63) is 29.6 Å². The molecule has 25 heavy (non-hydrogen) atoms. The average molecular weight is 354 g/mol. The molecule has 0 radical (unpaired) electrons. The summed E-state index contributed by atoms with van der Waals surface area (Å²) in [5.74, 6) is -0.251. The van der Waals surface area contributed by atoms with Crippen LogP contribution in [0.4, 0.5) is 4.39 Å². The van der Waals surface area contributed by atoms with Crippen LogP contribution in [0.15, 0.2) is 18.2 Å². The molecule has 1 amide bonds. The first-order valence-electron chi connectivity index (χ1n) is 8.53. The standard InChI is InChI=1S/C18H27FN2O4/c1-20(8-4-10-22)13-18(24)7-3-9-21(17(18)23)12-14-11-15(25-2)5-6-16(14)19/h5-6,11,22,24H,3-4,7-10,12-13H2,1-2H3. The van der Waals surface area contributed by atoms with Gasteiger partial charge in [-0.15, -0.1) is 0 Å². The van der Waals surface area contributed by atoms with Crippen LogP contribution in [-0.2, 0) is 11.3 Å². The second kappa shape index (κ2) is 8.60. The van der Waals surface area contributed by atoms with Crippen molar-refractivity contribution in [2.45, 2.75) is 31.4 Å². The SMILES string of the molecule is COc1ccc(F)c(CN2CCCC(O)(CN(C)CCCO)C2=O)c1. The monoisotopic (exact) mass is 354 g/mol. The van der Waals surface area contributed by atoms with Crippen LogP contribution in [0.25, 0.3) is 0 Å². The number of nitrogens with zero attached hydrogens (tertiary/aromatic N) is 2. The summed E-state index contributed by atoms with van der Waals surface area (Å²) in [7, 11) is 3.31. The predicted molar refractivity (Wildman–Crippen MR) is 91.8 cm³/mol. The topological polar surface area (TPSA) is 73.2 Å². The molecular formula is C18H27FN2O4. The summed E-state index contributed by atoms with van der Waals surface area (Å²) in [5.41, 5.74) is -1.11. The maximum absolute atomic E-state index is 14.0. The van der Waals surface area contributed by atoms with E-state index >= 15 is 0 Å². The normalized spacial score (nSPS) is 21.0. The number of likely N-dealkylation sites (tertiary alicyclic amines) is 1. The number of hydrogen-bond acceptors (Lipinski definition) is 5. The van der Waals surface area contributed by atoms with Gasteiger partial charge in [0.15, 0.2) is 5.60 Å². The highest BCUT2D eigenvalue weighted by Crippen LogP contribution is 2.26. The van der Waals surface area contributed by atoms with Crippen LogP contribution < -0.4 is 4.74 Å². The lowest BCUT2D eigenvalue weighted by Gasteiger charge is -2.40. The molecule has 1 aromatic rings. The van der Waals surface area contributed by atoms with Crippen molar-refractivity contribution in [2.24, 2.45) is 0 Å². The van der Waals surface area contributed by atoms with E-state index in [0.29, 0.717) is 43.7 Å². The van der Waals surface area contributed by atoms with Gasteiger partial charge in [0.2, 0.25) is 0 Å². The molecule has 7 heteroatoms. The third-order valence-corrected chi connectivity index (χ3v) is 4.55. The molecule has 1 heterocycles. The number of aliphatic hydroxyl groups excluding tert-OH is 1. The van der Waals surface area contributed by atoms with Crippen LogP contribution in [0.5, 0.6) is 5.75 Å². The average Bonchev–Trinajstić information content (AvgIpc) is 2.59. The molecular weight excluding hydrogens is 327 g/mol. The number of benzene rings is 1. The summed E-state index contributed by atoms with van der Waals surface area (Å²) in [6.45, 7) is 1.44. The number of halogens is 1. The van der Waals surface area contributed by atoms with Gasteiger partial charge in [0.05, 0.1) is 7.11 Å². The number of methoxy groups -OCH3 is 1. The molecule has 140 valence electrons. The van der Waals surface area contributed by atoms with Crippen LogP contribution in [0, 0.1) is 5.82 Å². The van der Waals surface area contributed by atoms with Gasteiger partial charge in [-0.25, -0.2) is 4.39 Å². The van der Waals surface area contributed by atoms with E-state index in [1.165, 1.54) is 24.1 Å². The van der Waals surface area contributed by atoms with Crippen molar-refractivity contribution in [2.75, 3.05) is 40.4 Å². The van der Waals surface area contributed by atoms with E-state index in [-0.39, 0.29) is 25.6 Å². The largest absolute Gasteiger partial charge is 0.497 e. The number of ether oxygens (including phenoxy) is 1. The van der Waals surface area contributed by atoms with Crippen LogP contribution in [0.3, 0.4) is 0 Å². The maximum Gasteiger partial charge on any atom is 0.256 e. The van der Waals surface area contributed by atoms with Crippen molar-refractivity contribution in [3.8, 4) is 5.75 Å². The summed E-state index contributed by atoms with van der Waals surface area (Å²) in [5, 5.41) is 19.7. The van der Waals surface area contributed by atoms with Crippen LogP contribution in [-0.4, -0.2) is 71.9 Å². The van der Waals surface area contributed by atoms with Gasteiger partial charge in [-0.05, 0) is 44.5 Å². The third-order valence-electron chi connectivity index (χ3n) is 4.55. The van der Waals surface area contributed by atoms with E-state index in [1.54, 1.807) is 6.07 Å². The van der Waals surface area contributed by atoms with E-state index in [4.69, 9.17) is 9.84 Å². The molecule has 2 N–H and O–H groups in total. The van der Waals surface area contributed by atoms with Crippen LogP contribution in [0.1, 0.15) is 24.8 Å². The van der Waals surface area contributed by atoms with Gasteiger partial charge in [0.25, 0.3) is 5.91 Å². The smallest absolute Gasteiger partial charge is 0.256 e. The summed E-state index contributed by atoms with van der Waals surface area (Å²) in [4.78, 5) is 16.1. The number of hydrogen-bond donors (Lipinski definition) is 2. The van der Waals surface area contributed by atoms with Gasteiger partial charge in [-0.3, -0.25) is 4.79 Å². The quantitative estimate of drug-likeness (QED) is 0.729. The Morgan fingerprint density at radius 1 is 1.44 bits per heavy atom. The fraction of sp³-hybridized carbons (Fsp3) is 0.611. The van der Waals surface area contributed by atoms with Gasteiger partial charge in [-0.2, -0.15) is 0 Å². The van der Waals surface area contributed by atoms with E-state index in [0.717, 1.165) is 0 Å². The zero-order valence-corrected chi connectivity index (χ0v) is 14.9. The first kappa shape index (κ1) is 19.6. The lowest BCUT2D eigenvalue weighted by atomic mass is 9.90. The molecule has 0 spiro atoms. The minimum absolute atomic E-state index is 0.0674. The van der Waals surface area contributed by atoms with E-state index in [2.05, 4.69) is 0 Å². The van der Waals surface area contributed by atoms with Gasteiger partial charge in [0, 0.05) is 38.3 Å². The van der Waals surface area contributed by atoms with Crippen molar-refractivity contribution in [1.82, 2.24) is 9.80 Å². The highest BCUT2D eigenvalue weighted by atomic mass is 19.1. The molecule has 0 saturated carbocycles. The zero-order chi connectivity index (χ0) is 18.4. The molecule has 1 aromatic carbocycles. The minimum atomic E-state index is -1.47. The molecule has 6 nitrogen and oxygen atoms in total. The molecule has 1 atom stereocenters. The lowest BCUT2D eigenvalue weighted by molar-refractivity contribution is -0.159. The summed E-state index contributed by atoms with van der Waals surface area (Å²) in [6.07, 6.45) is 1.62. The number of amides is 1. The molecule has 1 aliphatic heterocycles. The Kier molecular flexibility index (Phi) is 6.75. The Hall–Kier alpha value is -1.70. The van der Waals surface area contributed by atoms with Crippen molar-refractivity contribution in [1.29, 1.82) is 0 Å². The predicted octanol–water partition coefficient (Wildman–Crippen LogP) is 1.00. The summed E-state index contributed by atoms with van der Waals surface area (Å²) >= 11 is 0. The molecule has 0 aromatic heterocycles. The Morgan fingerprint density at radius 3 is 2.88 bits per heavy atom. The second-order valence-corrected chi connectivity index (χ2v) is 6.63. The molecule has 2 rings (SSSR count). The Morgan fingerprint density at radius 2 is 2.20 bits per heavy atom. The Bertz CT molecular complexity index is 598. The summed E-state index contributed by atoms with van der Waals surface area (Å²) < 4.78 is 19.2. The van der Waals surface area contributed by atoms with Gasteiger partial charge in [0.1, 0.15) is 11.6 Å². The van der Waals surface area contributed by atoms with E-state index in [1.807, 2.05) is 11.9 Å². The van der Waals surface area contributed by atoms with Crippen molar-refractivity contribution >= 4 is 5.91 Å². The van der Waals surface area contributed by atoms with Crippen LogP contribution in [0.2, 0.25) is 0 Å². The maximum atomic E-state index is 14.0. The van der Waals surface area contributed by atoms with Crippen molar-refractivity contribution in [3.63, 3.8) is 0 Å². The Balaban J connectivity index is 2.08. The minimum Gasteiger partial charge on any atom is -0.497 e. The molecule has 1 aliphatic rings. The zero-order valence-electron chi connectivity index (χ0n) is 14.9. The molecule has 0 aliphatic carbocycles. The first-order chi connectivity index (χ1) is 11.9. The Labute approximate surface area is 147 Å². The molecule has 1 saturated heterocycles. The number of piperidine rings is 1.